The smallest absolute Gasteiger partial charge is 0.320 e. The van der Waals surface area contributed by atoms with Crippen LogP contribution in [-0.4, -0.2) is 34.1 Å². The van der Waals surface area contributed by atoms with Crippen molar-refractivity contribution >= 4 is 11.8 Å². The number of carbonyl (C=O) groups is 1. The summed E-state index contributed by atoms with van der Waals surface area (Å²) in [7, 11) is 0. The van der Waals surface area contributed by atoms with Crippen LogP contribution in [0.3, 0.4) is 0 Å². The maximum atomic E-state index is 12.2. The van der Waals surface area contributed by atoms with Crippen molar-refractivity contribution in [2.24, 2.45) is 11.8 Å². The Balaban J connectivity index is 1.84. The molecule has 1 unspecified atom stereocenters. The maximum absolute atomic E-state index is 12.2. The molecule has 1 saturated carbocycles. The Labute approximate surface area is 145 Å². The van der Waals surface area contributed by atoms with Gasteiger partial charge in [0.25, 0.3) is 0 Å². The number of aliphatic hydroxyl groups is 1. The molecule has 0 aromatic carbocycles. The van der Waals surface area contributed by atoms with Gasteiger partial charge in [-0.1, -0.05) is 33.1 Å². The predicted octanol–water partition coefficient (Wildman–Crippen LogP) is 3.55. The van der Waals surface area contributed by atoms with E-state index in [-0.39, 0.29) is 12.6 Å². The van der Waals surface area contributed by atoms with Crippen LogP contribution in [0.4, 0.5) is 10.6 Å². The zero-order valence-corrected chi connectivity index (χ0v) is 15.0. The van der Waals surface area contributed by atoms with Crippen molar-refractivity contribution in [3.8, 4) is 0 Å². The number of hydrogen-bond donors (Lipinski definition) is 3. The van der Waals surface area contributed by atoms with E-state index in [9.17, 15) is 4.79 Å². The third kappa shape index (κ3) is 5.82. The zero-order chi connectivity index (χ0) is 17.4. The van der Waals surface area contributed by atoms with E-state index in [4.69, 9.17) is 5.11 Å². The number of nitrogens with one attached hydrogen (secondary N) is 2. The van der Waals surface area contributed by atoms with E-state index in [1.807, 2.05) is 10.7 Å². The quantitative estimate of drug-likeness (QED) is 0.679. The van der Waals surface area contributed by atoms with Gasteiger partial charge in [-0.2, -0.15) is 5.10 Å². The summed E-state index contributed by atoms with van der Waals surface area (Å²) in [6.07, 6.45) is 9.48. The highest BCUT2D eigenvalue weighted by Crippen LogP contribution is 2.29. The van der Waals surface area contributed by atoms with Crippen LogP contribution in [0.1, 0.15) is 64.8 Å². The van der Waals surface area contributed by atoms with Crippen LogP contribution < -0.4 is 10.6 Å². The van der Waals surface area contributed by atoms with Gasteiger partial charge in [-0.05, 0) is 37.5 Å². The molecule has 1 fully saturated rings. The third-order valence-electron chi connectivity index (χ3n) is 4.73. The van der Waals surface area contributed by atoms with Crippen molar-refractivity contribution < 1.29 is 9.90 Å². The number of nitrogens with zero attached hydrogens (tertiary/aromatic N) is 2. The number of aromatic nitrogens is 2. The van der Waals surface area contributed by atoms with Gasteiger partial charge in [-0.3, -0.25) is 5.32 Å². The van der Waals surface area contributed by atoms with E-state index in [2.05, 4.69) is 29.6 Å². The van der Waals surface area contributed by atoms with Gasteiger partial charge in [0, 0.05) is 19.2 Å². The fourth-order valence-corrected chi connectivity index (χ4v) is 3.58. The molecule has 6 heteroatoms. The molecule has 0 bridgehead atoms. The average Bonchev–Trinajstić information content (AvgIpc) is 3.01. The fourth-order valence-electron chi connectivity index (χ4n) is 3.58. The van der Waals surface area contributed by atoms with Crippen LogP contribution in [0, 0.1) is 11.8 Å². The molecule has 6 nitrogen and oxygen atoms in total. The minimum Gasteiger partial charge on any atom is -0.396 e. The van der Waals surface area contributed by atoms with Crippen LogP contribution in [-0.2, 0) is 0 Å². The number of anilines is 1. The summed E-state index contributed by atoms with van der Waals surface area (Å²) in [5.41, 5.74) is 0. The van der Waals surface area contributed by atoms with Crippen molar-refractivity contribution in [1.29, 1.82) is 0 Å². The molecule has 3 N–H and O–H groups in total. The normalized spacial score (nSPS) is 17.0. The average molecular weight is 336 g/mol. The molecule has 24 heavy (non-hydrogen) atoms. The lowest BCUT2D eigenvalue weighted by molar-refractivity contribution is 0.231. The molecule has 2 rings (SSSR count). The molecule has 1 aromatic heterocycles. The summed E-state index contributed by atoms with van der Waals surface area (Å²) in [6, 6.07) is 2.06. The molecule has 1 atom stereocenters. The van der Waals surface area contributed by atoms with Gasteiger partial charge in [0.1, 0.15) is 5.82 Å². The van der Waals surface area contributed by atoms with Crippen molar-refractivity contribution in [2.45, 2.75) is 64.8 Å². The van der Waals surface area contributed by atoms with Crippen LogP contribution >= 0.6 is 0 Å². The van der Waals surface area contributed by atoms with E-state index in [0.717, 1.165) is 31.5 Å². The van der Waals surface area contributed by atoms with E-state index >= 15 is 0 Å². The number of hydrogen-bond acceptors (Lipinski definition) is 3. The highest BCUT2D eigenvalue weighted by atomic mass is 16.3. The summed E-state index contributed by atoms with van der Waals surface area (Å²) in [5, 5.41) is 19.4. The Hall–Kier alpha value is -1.56. The lowest BCUT2D eigenvalue weighted by Crippen LogP contribution is -2.34. The summed E-state index contributed by atoms with van der Waals surface area (Å²) < 4.78 is 1.96. The van der Waals surface area contributed by atoms with Gasteiger partial charge >= 0.3 is 6.03 Å². The molecule has 0 spiro atoms. The highest BCUT2D eigenvalue weighted by molar-refractivity contribution is 5.88. The Morgan fingerprint density at radius 1 is 1.38 bits per heavy atom. The number of amides is 2. The molecule has 0 aliphatic heterocycles. The standard InChI is InChI=1S/C18H32N4O2/c1-14(2)12-15(9-11-23)13-19-18(24)21-17-8-10-20-22(17)16-6-4-3-5-7-16/h8,10,14-16,23H,3-7,9,11-13H2,1-2H3,(H2,19,21,24). The summed E-state index contributed by atoms with van der Waals surface area (Å²) >= 11 is 0. The number of aliphatic hydroxyl groups excluding tert-OH is 1. The first-order valence-corrected chi connectivity index (χ1v) is 9.29. The lowest BCUT2D eigenvalue weighted by atomic mass is 9.94. The van der Waals surface area contributed by atoms with Crippen molar-refractivity contribution in [3.63, 3.8) is 0 Å². The Bertz CT molecular complexity index is 495. The monoisotopic (exact) mass is 336 g/mol. The summed E-state index contributed by atoms with van der Waals surface area (Å²) in [4.78, 5) is 12.2. The van der Waals surface area contributed by atoms with Gasteiger partial charge in [-0.25, -0.2) is 9.48 Å². The minimum atomic E-state index is -0.195. The second kappa shape index (κ2) is 9.67. The zero-order valence-electron chi connectivity index (χ0n) is 15.0. The van der Waals surface area contributed by atoms with E-state index < -0.39 is 0 Å². The van der Waals surface area contributed by atoms with Crippen molar-refractivity contribution in [2.75, 3.05) is 18.5 Å². The van der Waals surface area contributed by atoms with Crippen molar-refractivity contribution in [1.82, 2.24) is 15.1 Å². The maximum Gasteiger partial charge on any atom is 0.320 e. The first-order chi connectivity index (χ1) is 11.6. The third-order valence-corrected chi connectivity index (χ3v) is 4.73. The van der Waals surface area contributed by atoms with Crippen LogP contribution in [0.2, 0.25) is 0 Å². The van der Waals surface area contributed by atoms with Crippen LogP contribution in [0.15, 0.2) is 12.3 Å². The molecule has 1 aliphatic carbocycles. The fraction of sp³-hybridized carbons (Fsp3) is 0.778. The lowest BCUT2D eigenvalue weighted by Gasteiger charge is -2.24. The molecule has 0 radical (unpaired) electrons. The SMILES string of the molecule is CC(C)CC(CCO)CNC(=O)Nc1ccnn1C1CCCCC1. The van der Waals surface area contributed by atoms with Gasteiger partial charge in [0.05, 0.1) is 12.2 Å². The topological polar surface area (TPSA) is 79.2 Å². The molecule has 1 aromatic rings. The minimum absolute atomic E-state index is 0.162. The van der Waals surface area contributed by atoms with Crippen molar-refractivity contribution in [3.05, 3.63) is 12.3 Å². The van der Waals surface area contributed by atoms with Gasteiger partial charge < -0.3 is 10.4 Å². The number of carbonyl (C=O) groups excluding carboxylic acids is 1. The molecule has 0 saturated heterocycles. The Morgan fingerprint density at radius 2 is 2.12 bits per heavy atom. The van der Waals surface area contributed by atoms with E-state index in [0.29, 0.717) is 24.4 Å². The van der Waals surface area contributed by atoms with Crippen LogP contribution in [0.25, 0.3) is 0 Å². The van der Waals surface area contributed by atoms with E-state index in [1.165, 1.54) is 19.3 Å². The van der Waals surface area contributed by atoms with E-state index in [1.54, 1.807) is 6.20 Å². The molecular formula is C18H32N4O2. The second-order valence-corrected chi connectivity index (χ2v) is 7.30. The first-order valence-electron chi connectivity index (χ1n) is 9.29. The Kier molecular flexibility index (Phi) is 7.56. The first kappa shape index (κ1) is 18.8. The van der Waals surface area contributed by atoms with Gasteiger partial charge in [0.15, 0.2) is 0 Å². The Morgan fingerprint density at radius 3 is 2.79 bits per heavy atom. The molecule has 136 valence electrons. The molecule has 2 amide bonds. The van der Waals surface area contributed by atoms with Crippen LogP contribution in [0.5, 0.6) is 0 Å². The molecular weight excluding hydrogens is 304 g/mol. The summed E-state index contributed by atoms with van der Waals surface area (Å²) in [5.74, 6) is 1.63. The van der Waals surface area contributed by atoms with Gasteiger partial charge in [-0.15, -0.1) is 0 Å². The predicted molar refractivity (Wildman–Crippen MR) is 96.0 cm³/mol. The number of rotatable bonds is 8. The van der Waals surface area contributed by atoms with Gasteiger partial charge in [0.2, 0.25) is 0 Å². The molecule has 1 heterocycles. The summed E-state index contributed by atoms with van der Waals surface area (Å²) in [6.45, 7) is 5.07. The highest BCUT2D eigenvalue weighted by Gasteiger charge is 2.19. The second-order valence-electron chi connectivity index (χ2n) is 7.30. The molecule has 1 aliphatic rings. The largest absolute Gasteiger partial charge is 0.396 e. The number of urea groups is 1.